The molecule has 0 saturated heterocycles. The molecule has 43 heavy (non-hydrogen) atoms. The summed E-state index contributed by atoms with van der Waals surface area (Å²) in [5, 5.41) is 16.3. The summed E-state index contributed by atoms with van der Waals surface area (Å²) in [4.78, 5) is 16.5. The molecule has 7 nitrogen and oxygen atoms in total. The number of rotatable bonds is 9. The lowest BCUT2D eigenvalue weighted by atomic mass is 10.0. The summed E-state index contributed by atoms with van der Waals surface area (Å²) in [5.74, 6) is 0.968. The van der Waals surface area contributed by atoms with Crippen molar-refractivity contribution in [2.24, 2.45) is 0 Å². The zero-order chi connectivity index (χ0) is 30.6. The number of nitrogens with zero attached hydrogens (tertiary/aromatic N) is 2. The maximum atomic E-state index is 11.6. The van der Waals surface area contributed by atoms with Crippen LogP contribution < -0.4 is 9.47 Å². The molecule has 0 amide bonds. The predicted molar refractivity (Wildman–Crippen MR) is 170 cm³/mol. The molecule has 11 heteroatoms. The molecule has 1 fully saturated rings. The van der Waals surface area contributed by atoms with Gasteiger partial charge >= 0.3 is 5.97 Å². The number of aromatic nitrogens is 2. The Kier molecular flexibility index (Phi) is 7.84. The van der Waals surface area contributed by atoms with Gasteiger partial charge in [0.2, 0.25) is 0 Å². The normalized spacial score (nSPS) is 17.9. The first-order valence-corrected chi connectivity index (χ1v) is 15.5. The standard InChI is InChI=1S/C32H27Cl3N2O5S/c1-15(2)29-19(27(37-42-29)26-21(33)6-5-7-22(26)34)14-41-17-8-9-18(23(35)12-17)20-13-32(20,3)31-36-28-24(40-4)10-16(30(38)39)11-25(28)43-31/h5-12,15,20H,13-14H2,1-4H3,(H,38,39). The average molecular weight is 658 g/mol. The molecular formula is C32H27Cl3N2O5S. The fourth-order valence-corrected chi connectivity index (χ4v) is 7.56. The van der Waals surface area contributed by atoms with E-state index in [2.05, 4.69) is 12.1 Å². The molecule has 0 aliphatic heterocycles. The second-order valence-electron chi connectivity index (χ2n) is 11.1. The van der Waals surface area contributed by atoms with Crippen molar-refractivity contribution >= 4 is 62.3 Å². The second-order valence-corrected chi connectivity index (χ2v) is 13.4. The lowest BCUT2D eigenvalue weighted by molar-refractivity contribution is 0.0696. The Bertz CT molecular complexity index is 1860. The number of thiazole rings is 1. The van der Waals surface area contributed by atoms with Crippen LogP contribution in [0.15, 0.2) is 53.1 Å². The van der Waals surface area contributed by atoms with Crippen LogP contribution in [0.25, 0.3) is 21.5 Å². The number of hydrogen-bond acceptors (Lipinski definition) is 7. The van der Waals surface area contributed by atoms with Crippen molar-refractivity contribution in [2.45, 2.75) is 51.0 Å². The highest BCUT2D eigenvalue weighted by atomic mass is 35.5. The number of benzene rings is 3. The van der Waals surface area contributed by atoms with Gasteiger partial charge in [0.05, 0.1) is 33.0 Å². The van der Waals surface area contributed by atoms with Gasteiger partial charge in [0.1, 0.15) is 40.1 Å². The SMILES string of the molecule is COc1cc(C(=O)O)cc2sc(C3(C)CC3c3ccc(OCc4c(-c5c(Cl)cccc5Cl)noc4C(C)C)cc3Cl)nc12. The lowest BCUT2D eigenvalue weighted by Gasteiger charge is -2.13. The van der Waals surface area contributed by atoms with Crippen LogP contribution in [0.3, 0.4) is 0 Å². The summed E-state index contributed by atoms with van der Waals surface area (Å²) in [6.07, 6.45) is 0.862. The van der Waals surface area contributed by atoms with Gasteiger partial charge < -0.3 is 19.1 Å². The highest BCUT2D eigenvalue weighted by molar-refractivity contribution is 7.18. The molecule has 0 spiro atoms. The van der Waals surface area contributed by atoms with E-state index in [4.69, 9.17) is 53.8 Å². The predicted octanol–water partition coefficient (Wildman–Crippen LogP) is 9.77. The summed E-state index contributed by atoms with van der Waals surface area (Å²) in [7, 11) is 1.52. The highest BCUT2D eigenvalue weighted by Gasteiger charge is 2.55. The number of methoxy groups -OCH3 is 1. The quantitative estimate of drug-likeness (QED) is 0.169. The van der Waals surface area contributed by atoms with E-state index in [9.17, 15) is 9.90 Å². The van der Waals surface area contributed by atoms with Crippen LogP contribution in [0.5, 0.6) is 11.5 Å². The zero-order valence-corrected chi connectivity index (χ0v) is 26.8. The Hall–Kier alpha value is -3.30. The Morgan fingerprint density at radius 1 is 1.14 bits per heavy atom. The van der Waals surface area contributed by atoms with E-state index < -0.39 is 5.97 Å². The van der Waals surface area contributed by atoms with E-state index in [1.54, 1.807) is 24.3 Å². The lowest BCUT2D eigenvalue weighted by Crippen LogP contribution is -2.04. The zero-order valence-electron chi connectivity index (χ0n) is 23.7. The molecular weight excluding hydrogens is 631 g/mol. The number of aromatic carboxylic acids is 1. The summed E-state index contributed by atoms with van der Waals surface area (Å²) < 4.78 is 18.1. The number of halogens is 3. The third-order valence-electron chi connectivity index (χ3n) is 7.93. The van der Waals surface area contributed by atoms with Gasteiger partial charge in [-0.25, -0.2) is 9.78 Å². The largest absolute Gasteiger partial charge is 0.494 e. The minimum absolute atomic E-state index is 0.0674. The van der Waals surface area contributed by atoms with Crippen molar-refractivity contribution in [3.05, 3.63) is 91.1 Å². The molecule has 0 bridgehead atoms. The summed E-state index contributed by atoms with van der Waals surface area (Å²) in [6, 6.07) is 14.2. The third kappa shape index (κ3) is 5.35. The molecule has 2 aromatic heterocycles. The highest BCUT2D eigenvalue weighted by Crippen LogP contribution is 2.62. The maximum Gasteiger partial charge on any atom is 0.335 e. The van der Waals surface area contributed by atoms with Crippen LogP contribution in [-0.2, 0) is 12.0 Å². The Morgan fingerprint density at radius 2 is 1.88 bits per heavy atom. The van der Waals surface area contributed by atoms with Gasteiger partial charge in [-0.05, 0) is 54.3 Å². The number of carboxylic acid groups (broad SMARTS) is 1. The van der Waals surface area contributed by atoms with E-state index in [-0.39, 0.29) is 29.4 Å². The van der Waals surface area contributed by atoms with Crippen molar-refractivity contribution in [1.82, 2.24) is 10.1 Å². The van der Waals surface area contributed by atoms with Crippen LogP contribution in [0.4, 0.5) is 0 Å². The smallest absolute Gasteiger partial charge is 0.335 e. The summed E-state index contributed by atoms with van der Waals surface area (Å²) in [6.45, 7) is 6.39. The van der Waals surface area contributed by atoms with Gasteiger partial charge in [-0.1, -0.05) is 72.9 Å². The molecule has 1 aliphatic rings. The minimum Gasteiger partial charge on any atom is -0.494 e. The number of carbonyl (C=O) groups is 1. The topological polar surface area (TPSA) is 94.7 Å². The van der Waals surface area contributed by atoms with E-state index in [0.717, 1.165) is 27.3 Å². The van der Waals surface area contributed by atoms with E-state index in [0.29, 0.717) is 49.1 Å². The van der Waals surface area contributed by atoms with Crippen molar-refractivity contribution in [2.75, 3.05) is 7.11 Å². The van der Waals surface area contributed by atoms with E-state index in [1.165, 1.54) is 24.5 Å². The fraction of sp³-hybridized carbons (Fsp3) is 0.281. The van der Waals surface area contributed by atoms with Gasteiger partial charge in [0.15, 0.2) is 0 Å². The molecule has 2 heterocycles. The van der Waals surface area contributed by atoms with Gasteiger partial charge in [-0.3, -0.25) is 0 Å². The molecule has 3 aromatic carbocycles. The van der Waals surface area contributed by atoms with Crippen molar-refractivity contribution < 1.29 is 23.9 Å². The monoisotopic (exact) mass is 656 g/mol. The van der Waals surface area contributed by atoms with Crippen molar-refractivity contribution in [3.8, 4) is 22.8 Å². The number of fused-ring (bicyclic) bond motifs is 1. The van der Waals surface area contributed by atoms with Crippen molar-refractivity contribution in [1.29, 1.82) is 0 Å². The van der Waals surface area contributed by atoms with Crippen LogP contribution in [0.1, 0.15) is 71.3 Å². The number of carboxylic acids is 1. The Balaban J connectivity index is 1.24. The molecule has 6 rings (SSSR count). The molecule has 1 N–H and O–H groups in total. The molecule has 1 saturated carbocycles. The molecule has 1 aliphatic carbocycles. The Labute approximate surface area is 267 Å². The first-order chi connectivity index (χ1) is 20.5. The first-order valence-electron chi connectivity index (χ1n) is 13.6. The van der Waals surface area contributed by atoms with Gasteiger partial charge in [0.25, 0.3) is 0 Å². The van der Waals surface area contributed by atoms with Gasteiger partial charge in [0, 0.05) is 21.9 Å². The van der Waals surface area contributed by atoms with Crippen LogP contribution in [0.2, 0.25) is 15.1 Å². The van der Waals surface area contributed by atoms with E-state index in [1.807, 2.05) is 32.0 Å². The number of hydrogen-bond donors (Lipinski definition) is 1. The summed E-state index contributed by atoms with van der Waals surface area (Å²) >= 11 is 21.3. The molecule has 0 radical (unpaired) electrons. The van der Waals surface area contributed by atoms with Crippen LogP contribution >= 0.6 is 46.1 Å². The molecule has 222 valence electrons. The van der Waals surface area contributed by atoms with Crippen LogP contribution in [-0.4, -0.2) is 28.3 Å². The average Bonchev–Trinajstić information content (AvgIpc) is 3.28. The number of ether oxygens (including phenoxy) is 2. The maximum absolute atomic E-state index is 11.6. The van der Waals surface area contributed by atoms with Crippen molar-refractivity contribution in [3.63, 3.8) is 0 Å². The minimum atomic E-state index is -1.01. The van der Waals surface area contributed by atoms with E-state index >= 15 is 0 Å². The Morgan fingerprint density at radius 3 is 2.53 bits per heavy atom. The molecule has 5 aromatic rings. The first kappa shape index (κ1) is 29.8. The molecule has 2 atom stereocenters. The third-order valence-corrected chi connectivity index (χ3v) is 10.2. The van der Waals surface area contributed by atoms with Gasteiger partial charge in [-0.2, -0.15) is 0 Å². The fourth-order valence-electron chi connectivity index (χ4n) is 5.45. The summed E-state index contributed by atoms with van der Waals surface area (Å²) in [5.41, 5.74) is 3.54. The second kappa shape index (κ2) is 11.3. The van der Waals surface area contributed by atoms with Crippen LogP contribution in [0, 0.1) is 0 Å². The van der Waals surface area contributed by atoms with Gasteiger partial charge in [-0.15, -0.1) is 11.3 Å². The molecule has 2 unspecified atom stereocenters.